The van der Waals surface area contributed by atoms with Crippen molar-refractivity contribution < 1.29 is 19.1 Å². The van der Waals surface area contributed by atoms with Gasteiger partial charge in [0.2, 0.25) is 0 Å². The Hall–Kier alpha value is -1.43. The smallest absolute Gasteiger partial charge is 0.358 e. The summed E-state index contributed by atoms with van der Waals surface area (Å²) >= 11 is 0.938. The molecule has 6 heteroatoms. The second kappa shape index (κ2) is 7.23. The zero-order chi connectivity index (χ0) is 15.2. The maximum Gasteiger partial charge on any atom is 0.358 e. The summed E-state index contributed by atoms with van der Waals surface area (Å²) in [6.07, 6.45) is 0. The highest BCUT2D eigenvalue weighted by Gasteiger charge is 2.25. The fourth-order valence-electron chi connectivity index (χ4n) is 1.14. The number of nitrogens with zero attached hydrogens (tertiary/aromatic N) is 1. The minimum Gasteiger partial charge on any atom is -0.465 e. The van der Waals surface area contributed by atoms with Crippen molar-refractivity contribution in [3.8, 4) is 0 Å². The fraction of sp³-hybridized carbons (Fsp3) is 0.615. The minimum absolute atomic E-state index is 0.172. The van der Waals surface area contributed by atoms with Gasteiger partial charge in [0.25, 0.3) is 0 Å². The number of methoxy groups -OCH3 is 1. The number of hydrogen-bond acceptors (Lipinski definition) is 6. The molecule has 0 aromatic carbocycles. The van der Waals surface area contributed by atoms with Gasteiger partial charge in [-0.3, -0.25) is 0 Å². The SMILES string of the molecule is CC.COC(=O)c1snc(C(=O)OC(C)(C)C)c1C. The highest BCUT2D eigenvalue weighted by molar-refractivity contribution is 7.08. The molecule has 0 fully saturated rings. The number of aromatic nitrogens is 1. The lowest BCUT2D eigenvalue weighted by molar-refractivity contribution is 0.00634. The molecule has 1 aromatic rings. The number of carbonyl (C=O) groups is 2. The van der Waals surface area contributed by atoms with Crippen LogP contribution in [0.25, 0.3) is 0 Å². The average molecular weight is 287 g/mol. The van der Waals surface area contributed by atoms with E-state index < -0.39 is 17.5 Å². The van der Waals surface area contributed by atoms with Crippen molar-refractivity contribution in [1.29, 1.82) is 0 Å². The van der Waals surface area contributed by atoms with Crippen LogP contribution in [0, 0.1) is 6.92 Å². The molecule has 0 aliphatic rings. The summed E-state index contributed by atoms with van der Waals surface area (Å²) in [5.41, 5.74) is 0.0832. The normalized spacial score (nSPS) is 10.3. The molecule has 1 rings (SSSR count). The van der Waals surface area contributed by atoms with Crippen molar-refractivity contribution >= 4 is 23.5 Å². The van der Waals surface area contributed by atoms with E-state index in [1.54, 1.807) is 27.7 Å². The third-order valence-corrected chi connectivity index (χ3v) is 2.82. The van der Waals surface area contributed by atoms with Crippen LogP contribution < -0.4 is 0 Å². The Morgan fingerprint density at radius 3 is 2.11 bits per heavy atom. The third-order valence-electron chi connectivity index (χ3n) is 1.89. The van der Waals surface area contributed by atoms with Crippen LogP contribution >= 0.6 is 11.5 Å². The van der Waals surface area contributed by atoms with Crippen LogP contribution in [0.1, 0.15) is 60.3 Å². The monoisotopic (exact) mass is 287 g/mol. The molecule has 0 unspecified atom stereocenters. The van der Waals surface area contributed by atoms with Crippen LogP contribution in [0.15, 0.2) is 0 Å². The van der Waals surface area contributed by atoms with E-state index in [-0.39, 0.29) is 5.69 Å². The fourth-order valence-corrected chi connectivity index (χ4v) is 1.92. The van der Waals surface area contributed by atoms with Crippen LogP contribution in [0.5, 0.6) is 0 Å². The van der Waals surface area contributed by atoms with Crippen LogP contribution in [-0.2, 0) is 9.47 Å². The molecule has 0 bridgehead atoms. The van der Waals surface area contributed by atoms with Crippen molar-refractivity contribution in [2.24, 2.45) is 0 Å². The number of rotatable bonds is 2. The Morgan fingerprint density at radius 2 is 1.68 bits per heavy atom. The highest BCUT2D eigenvalue weighted by atomic mass is 32.1. The first-order valence-electron chi connectivity index (χ1n) is 6.04. The summed E-state index contributed by atoms with van der Waals surface area (Å²) in [7, 11) is 1.29. The van der Waals surface area contributed by atoms with Gasteiger partial charge in [0.05, 0.1) is 7.11 Å². The highest BCUT2D eigenvalue weighted by Crippen LogP contribution is 2.21. The van der Waals surface area contributed by atoms with E-state index in [0.717, 1.165) is 11.5 Å². The Labute approximate surface area is 118 Å². The molecular weight excluding hydrogens is 266 g/mol. The maximum atomic E-state index is 11.8. The first kappa shape index (κ1) is 17.6. The topological polar surface area (TPSA) is 65.5 Å². The summed E-state index contributed by atoms with van der Waals surface area (Å²) in [6, 6.07) is 0. The van der Waals surface area contributed by atoms with Gasteiger partial charge in [0.15, 0.2) is 5.69 Å². The summed E-state index contributed by atoms with van der Waals surface area (Å²) in [4.78, 5) is 23.5. The van der Waals surface area contributed by atoms with Gasteiger partial charge >= 0.3 is 11.9 Å². The molecule has 0 aliphatic carbocycles. The molecule has 0 saturated heterocycles. The Kier molecular flexibility index (Phi) is 6.69. The third kappa shape index (κ3) is 4.98. The van der Waals surface area contributed by atoms with Crippen molar-refractivity contribution in [1.82, 2.24) is 4.37 Å². The number of esters is 2. The lowest BCUT2D eigenvalue weighted by Crippen LogP contribution is -2.24. The second-order valence-corrected chi connectivity index (χ2v) is 5.25. The largest absolute Gasteiger partial charge is 0.465 e. The van der Waals surface area contributed by atoms with Gasteiger partial charge in [0.1, 0.15) is 10.5 Å². The zero-order valence-corrected chi connectivity index (χ0v) is 13.3. The van der Waals surface area contributed by atoms with Crippen molar-refractivity contribution in [3.63, 3.8) is 0 Å². The molecule has 0 amide bonds. The molecule has 1 aromatic heterocycles. The molecule has 1 heterocycles. The van der Waals surface area contributed by atoms with E-state index in [9.17, 15) is 9.59 Å². The van der Waals surface area contributed by atoms with Crippen molar-refractivity contribution in [2.75, 3.05) is 7.11 Å². The Bertz CT molecular complexity index is 446. The van der Waals surface area contributed by atoms with Crippen LogP contribution in [0.2, 0.25) is 0 Å². The average Bonchev–Trinajstić information content (AvgIpc) is 2.70. The molecule has 5 nitrogen and oxygen atoms in total. The van der Waals surface area contributed by atoms with Gasteiger partial charge in [-0.05, 0) is 39.2 Å². The van der Waals surface area contributed by atoms with Gasteiger partial charge < -0.3 is 9.47 Å². The van der Waals surface area contributed by atoms with Crippen LogP contribution in [0.3, 0.4) is 0 Å². The lowest BCUT2D eigenvalue weighted by Gasteiger charge is -2.18. The van der Waals surface area contributed by atoms with Gasteiger partial charge in [-0.25, -0.2) is 9.59 Å². The number of ether oxygens (including phenoxy) is 2. The van der Waals surface area contributed by atoms with Gasteiger partial charge in [-0.1, -0.05) is 13.8 Å². The Morgan fingerprint density at radius 1 is 1.16 bits per heavy atom. The van der Waals surface area contributed by atoms with E-state index in [0.29, 0.717) is 10.4 Å². The number of hydrogen-bond donors (Lipinski definition) is 0. The van der Waals surface area contributed by atoms with E-state index in [2.05, 4.69) is 9.11 Å². The standard InChI is InChI=1S/C11H15NO4S.C2H6/c1-6-7(9(13)16-11(2,3)4)12-17-8(6)10(14)15-5;1-2/h1-5H3;1-2H3. The van der Waals surface area contributed by atoms with Crippen molar-refractivity contribution in [2.45, 2.75) is 47.1 Å². The van der Waals surface area contributed by atoms with Gasteiger partial charge in [-0.2, -0.15) is 4.37 Å². The summed E-state index contributed by atoms with van der Waals surface area (Å²) in [5.74, 6) is -1.02. The van der Waals surface area contributed by atoms with E-state index in [1.165, 1.54) is 7.11 Å². The molecule has 19 heavy (non-hydrogen) atoms. The first-order valence-corrected chi connectivity index (χ1v) is 6.81. The predicted molar refractivity (Wildman–Crippen MR) is 74.7 cm³/mol. The van der Waals surface area contributed by atoms with Gasteiger partial charge in [-0.15, -0.1) is 0 Å². The van der Waals surface area contributed by atoms with E-state index >= 15 is 0 Å². The summed E-state index contributed by atoms with van der Waals surface area (Å²) < 4.78 is 13.7. The predicted octanol–water partition coefficient (Wildman–Crippen LogP) is 3.22. The van der Waals surface area contributed by atoms with Crippen LogP contribution in [-0.4, -0.2) is 29.0 Å². The molecule has 0 radical (unpaired) electrons. The summed E-state index contributed by atoms with van der Waals surface area (Å²) in [5, 5.41) is 0. The quantitative estimate of drug-likeness (QED) is 0.781. The van der Waals surface area contributed by atoms with E-state index in [1.807, 2.05) is 13.8 Å². The zero-order valence-electron chi connectivity index (χ0n) is 12.5. The van der Waals surface area contributed by atoms with Crippen LogP contribution in [0.4, 0.5) is 0 Å². The van der Waals surface area contributed by atoms with E-state index in [4.69, 9.17) is 4.74 Å². The molecule has 108 valence electrons. The number of carbonyl (C=O) groups excluding carboxylic acids is 2. The van der Waals surface area contributed by atoms with Gasteiger partial charge in [0, 0.05) is 5.56 Å². The lowest BCUT2D eigenvalue weighted by atomic mass is 10.2. The maximum absolute atomic E-state index is 11.8. The first-order chi connectivity index (χ1) is 8.76. The molecule has 0 aliphatic heterocycles. The molecular formula is C13H21NO4S. The minimum atomic E-state index is -0.585. The Balaban J connectivity index is 0.00000154. The van der Waals surface area contributed by atoms with Crippen molar-refractivity contribution in [3.05, 3.63) is 16.1 Å². The molecule has 0 spiro atoms. The molecule has 0 atom stereocenters. The summed E-state index contributed by atoms with van der Waals surface area (Å²) in [6.45, 7) is 11.0. The second-order valence-electron chi connectivity index (χ2n) is 4.48. The molecule has 0 saturated carbocycles. The molecule has 0 N–H and O–H groups in total.